The molecule has 1 nitrogen and oxygen atoms in total. The van der Waals surface area contributed by atoms with Crippen molar-refractivity contribution in [3.63, 3.8) is 0 Å². The zero-order valence-corrected chi connectivity index (χ0v) is 20.0. The third-order valence-corrected chi connectivity index (χ3v) is 12.3. The third kappa shape index (κ3) is 2.46. The van der Waals surface area contributed by atoms with E-state index in [2.05, 4.69) is 122 Å². The Morgan fingerprint density at radius 3 is 1.91 bits per heavy atom. The zero-order valence-electron chi connectivity index (χ0n) is 19.0. The topological polar surface area (TPSA) is 12.9 Å². The largest absolute Gasteiger partial charge is 0.256 e. The third-order valence-electron chi connectivity index (χ3n) is 7.42. The van der Waals surface area contributed by atoms with Gasteiger partial charge < -0.3 is 0 Å². The van der Waals surface area contributed by atoms with Crippen LogP contribution in [0.25, 0.3) is 32.8 Å². The molecule has 0 aliphatic carbocycles. The lowest BCUT2D eigenvalue weighted by Crippen LogP contribution is -2.73. The van der Waals surface area contributed by atoms with Gasteiger partial charge in [-0.25, -0.2) is 0 Å². The molecule has 7 rings (SSSR count). The molecule has 0 saturated carbocycles. The van der Waals surface area contributed by atoms with Crippen molar-refractivity contribution < 1.29 is 0 Å². The lowest BCUT2D eigenvalue weighted by molar-refractivity contribution is 1.42. The van der Waals surface area contributed by atoms with Crippen LogP contribution in [-0.2, 0) is 0 Å². The monoisotopic (exact) mass is 449 g/mol. The van der Waals surface area contributed by atoms with Gasteiger partial charge in [-0.05, 0) is 50.1 Å². The summed E-state index contributed by atoms with van der Waals surface area (Å²) in [6.45, 7) is 2.22. The van der Waals surface area contributed by atoms with Crippen molar-refractivity contribution in [3.8, 4) is 11.1 Å². The number of fused-ring (bicyclic) bond motifs is 8. The van der Waals surface area contributed by atoms with Crippen molar-refractivity contribution in [2.45, 2.75) is 6.92 Å². The van der Waals surface area contributed by atoms with E-state index in [9.17, 15) is 0 Å². The number of hydrogen-bond acceptors (Lipinski definition) is 1. The maximum Gasteiger partial charge on any atom is 0.181 e. The highest BCUT2D eigenvalue weighted by molar-refractivity contribution is 7.23. The maximum atomic E-state index is 5.00. The standard InChI is InChI=1S/C32H23NSi/c1-22-18-19-28-29(21-22)34(23-11-4-2-5-12-23,24-13-6-3-7-14-24)32-27-16-9-8-15-25(27)26-17-10-20-33-31(26)30(28)32/h2-21H,1H3. The van der Waals surface area contributed by atoms with Gasteiger partial charge in [-0.1, -0.05) is 115 Å². The SMILES string of the molecule is Cc1ccc2c(c1)[Si](c1ccccc1)(c1ccccc1)c1c-2c2ncccc2c2ccccc12. The molecular weight excluding hydrogens is 426 g/mol. The molecule has 0 unspecified atom stereocenters. The van der Waals surface area contributed by atoms with E-state index in [1.807, 2.05) is 6.20 Å². The van der Waals surface area contributed by atoms with Crippen molar-refractivity contribution in [1.29, 1.82) is 0 Å². The van der Waals surface area contributed by atoms with Crippen molar-refractivity contribution in [1.82, 2.24) is 4.98 Å². The van der Waals surface area contributed by atoms with Crippen molar-refractivity contribution >= 4 is 50.5 Å². The summed E-state index contributed by atoms with van der Waals surface area (Å²) in [5.41, 5.74) is 5.08. The molecule has 34 heavy (non-hydrogen) atoms. The highest BCUT2D eigenvalue weighted by atomic mass is 28.3. The predicted molar refractivity (Wildman–Crippen MR) is 147 cm³/mol. The van der Waals surface area contributed by atoms with Crippen LogP contribution >= 0.6 is 0 Å². The van der Waals surface area contributed by atoms with E-state index >= 15 is 0 Å². The molecule has 0 bridgehead atoms. The summed E-state index contributed by atoms with van der Waals surface area (Å²) in [6.07, 6.45) is 1.94. The minimum atomic E-state index is -2.58. The number of aromatic nitrogens is 1. The molecule has 160 valence electrons. The molecule has 0 radical (unpaired) electrons. The molecule has 1 aromatic heterocycles. The van der Waals surface area contributed by atoms with Crippen molar-refractivity contribution in [2.75, 3.05) is 0 Å². The fourth-order valence-electron chi connectivity index (χ4n) is 6.13. The molecular formula is C32H23NSi. The number of pyridine rings is 1. The molecule has 1 aliphatic heterocycles. The van der Waals surface area contributed by atoms with Gasteiger partial charge in [0.25, 0.3) is 0 Å². The van der Waals surface area contributed by atoms with Gasteiger partial charge in [0.1, 0.15) is 0 Å². The van der Waals surface area contributed by atoms with Crippen LogP contribution in [0.5, 0.6) is 0 Å². The Labute approximate surface area is 200 Å². The smallest absolute Gasteiger partial charge is 0.181 e. The van der Waals surface area contributed by atoms with Crippen LogP contribution in [0.15, 0.2) is 121 Å². The molecule has 0 spiro atoms. The lowest BCUT2D eigenvalue weighted by Gasteiger charge is -2.32. The van der Waals surface area contributed by atoms with Gasteiger partial charge in [0.2, 0.25) is 0 Å². The molecule has 0 amide bonds. The van der Waals surface area contributed by atoms with Gasteiger partial charge in [-0.15, -0.1) is 0 Å². The summed E-state index contributed by atoms with van der Waals surface area (Å²) >= 11 is 0. The highest BCUT2D eigenvalue weighted by Gasteiger charge is 2.50. The number of nitrogens with zero attached hydrogens (tertiary/aromatic N) is 1. The first-order chi connectivity index (χ1) is 16.8. The second-order valence-electron chi connectivity index (χ2n) is 9.23. The highest BCUT2D eigenvalue weighted by Crippen LogP contribution is 2.38. The van der Waals surface area contributed by atoms with E-state index in [0.29, 0.717) is 0 Å². The van der Waals surface area contributed by atoms with Crippen LogP contribution in [0, 0.1) is 6.92 Å². The quantitative estimate of drug-likeness (QED) is 0.266. The van der Waals surface area contributed by atoms with Gasteiger partial charge in [0, 0.05) is 17.1 Å². The van der Waals surface area contributed by atoms with Gasteiger partial charge in [0.05, 0.1) is 5.52 Å². The minimum Gasteiger partial charge on any atom is -0.256 e. The van der Waals surface area contributed by atoms with Crippen LogP contribution in [0.2, 0.25) is 0 Å². The molecule has 0 saturated heterocycles. The first-order valence-electron chi connectivity index (χ1n) is 11.8. The average Bonchev–Trinajstić information content (AvgIpc) is 3.21. The molecule has 2 heterocycles. The summed E-state index contributed by atoms with van der Waals surface area (Å²) in [6, 6.07) is 42.7. The average molecular weight is 450 g/mol. The molecule has 1 aliphatic rings. The number of benzene rings is 5. The van der Waals surface area contributed by atoms with Crippen LogP contribution in [0.3, 0.4) is 0 Å². The second kappa shape index (κ2) is 7.24. The Balaban J connectivity index is 1.82. The summed E-state index contributed by atoms with van der Waals surface area (Å²) in [4.78, 5) is 5.00. The summed E-state index contributed by atoms with van der Waals surface area (Å²) in [5, 5.41) is 9.67. The van der Waals surface area contributed by atoms with Crippen LogP contribution in [0.1, 0.15) is 5.56 Å². The van der Waals surface area contributed by atoms with Gasteiger partial charge >= 0.3 is 0 Å². The zero-order chi connectivity index (χ0) is 22.7. The molecule has 0 atom stereocenters. The van der Waals surface area contributed by atoms with E-state index in [-0.39, 0.29) is 0 Å². The van der Waals surface area contributed by atoms with E-state index in [1.54, 1.807) is 0 Å². The predicted octanol–water partition coefficient (Wildman–Crippen LogP) is 5.05. The molecule has 0 fully saturated rings. The lowest BCUT2D eigenvalue weighted by atomic mass is 9.96. The summed E-state index contributed by atoms with van der Waals surface area (Å²) in [7, 11) is -2.58. The van der Waals surface area contributed by atoms with Crippen molar-refractivity contribution in [2.24, 2.45) is 0 Å². The number of hydrogen-bond donors (Lipinski definition) is 0. The van der Waals surface area contributed by atoms with Gasteiger partial charge in [-0.3, -0.25) is 4.98 Å². The summed E-state index contributed by atoms with van der Waals surface area (Å²) < 4.78 is 0. The van der Waals surface area contributed by atoms with Crippen molar-refractivity contribution in [3.05, 3.63) is 127 Å². The Morgan fingerprint density at radius 2 is 1.21 bits per heavy atom. The Morgan fingerprint density at radius 1 is 0.588 bits per heavy atom. The maximum absolute atomic E-state index is 5.00. The van der Waals surface area contributed by atoms with Gasteiger partial charge in [0.15, 0.2) is 8.07 Å². The second-order valence-corrected chi connectivity index (χ2v) is 12.9. The van der Waals surface area contributed by atoms with Crippen LogP contribution in [-0.4, -0.2) is 13.1 Å². The first-order valence-corrected chi connectivity index (χ1v) is 13.8. The Hall–Kier alpha value is -4.01. The van der Waals surface area contributed by atoms with E-state index in [4.69, 9.17) is 4.98 Å². The van der Waals surface area contributed by atoms with Crippen LogP contribution < -0.4 is 20.7 Å². The molecule has 5 aromatic carbocycles. The first kappa shape index (κ1) is 19.5. The number of rotatable bonds is 2. The van der Waals surface area contributed by atoms with E-state index < -0.39 is 8.07 Å². The minimum absolute atomic E-state index is 1.11. The summed E-state index contributed by atoms with van der Waals surface area (Å²) in [5.74, 6) is 0. The molecule has 2 heteroatoms. The van der Waals surface area contributed by atoms with Gasteiger partial charge in [-0.2, -0.15) is 0 Å². The van der Waals surface area contributed by atoms with Crippen LogP contribution in [0.4, 0.5) is 0 Å². The molecule has 0 N–H and O–H groups in total. The molecule has 6 aromatic rings. The van der Waals surface area contributed by atoms with E-state index in [1.165, 1.54) is 53.6 Å². The Bertz CT molecular complexity index is 1670. The fourth-order valence-corrected chi connectivity index (χ4v) is 11.6. The number of aryl methyl sites for hydroxylation is 1. The normalized spacial score (nSPS) is 13.7. The Kier molecular flexibility index (Phi) is 4.14. The van der Waals surface area contributed by atoms with E-state index in [0.717, 1.165) is 5.52 Å². The fraction of sp³-hybridized carbons (Fsp3) is 0.0312.